The van der Waals surface area contributed by atoms with Gasteiger partial charge in [-0.25, -0.2) is 0 Å². The standard InChI is InChI=1S/C13H24N2OS/c1-17-12-5-3-2-4-11(12)14-9-13(16)15-8-10-6-7-10/h10-12,14H,2-9H2,1H3,(H,15,16). The molecule has 1 amide bonds. The predicted octanol–water partition coefficient (Wildman–Crippen LogP) is 1.78. The lowest BCUT2D eigenvalue weighted by atomic mass is 9.95. The second-order valence-electron chi connectivity index (χ2n) is 5.29. The van der Waals surface area contributed by atoms with Crippen LogP contribution in [-0.4, -0.2) is 36.5 Å². The van der Waals surface area contributed by atoms with Crippen molar-refractivity contribution in [1.82, 2.24) is 10.6 Å². The topological polar surface area (TPSA) is 41.1 Å². The monoisotopic (exact) mass is 256 g/mol. The van der Waals surface area contributed by atoms with Crippen LogP contribution in [0.4, 0.5) is 0 Å². The molecular weight excluding hydrogens is 232 g/mol. The van der Waals surface area contributed by atoms with Crippen LogP contribution in [0.25, 0.3) is 0 Å². The summed E-state index contributed by atoms with van der Waals surface area (Å²) in [6.07, 6.45) is 9.94. The normalized spacial score (nSPS) is 29.0. The molecule has 2 unspecified atom stereocenters. The van der Waals surface area contributed by atoms with Gasteiger partial charge in [0.1, 0.15) is 0 Å². The molecule has 0 bridgehead atoms. The quantitative estimate of drug-likeness (QED) is 0.761. The molecule has 0 aliphatic heterocycles. The molecule has 2 aliphatic rings. The molecular formula is C13H24N2OS. The molecule has 2 N–H and O–H groups in total. The van der Waals surface area contributed by atoms with Crippen molar-refractivity contribution in [3.63, 3.8) is 0 Å². The van der Waals surface area contributed by atoms with Crippen LogP contribution in [0.2, 0.25) is 0 Å². The van der Waals surface area contributed by atoms with Gasteiger partial charge >= 0.3 is 0 Å². The van der Waals surface area contributed by atoms with Gasteiger partial charge in [-0.2, -0.15) is 11.8 Å². The molecule has 2 fully saturated rings. The number of rotatable bonds is 6. The minimum atomic E-state index is 0.169. The maximum atomic E-state index is 11.6. The molecule has 0 aromatic carbocycles. The largest absolute Gasteiger partial charge is 0.355 e. The van der Waals surface area contributed by atoms with E-state index < -0.39 is 0 Å². The molecule has 4 heteroatoms. The SMILES string of the molecule is CSC1CCCCC1NCC(=O)NCC1CC1. The van der Waals surface area contributed by atoms with Crippen molar-refractivity contribution in [2.45, 2.75) is 49.8 Å². The highest BCUT2D eigenvalue weighted by Gasteiger charge is 2.25. The molecule has 0 spiro atoms. The van der Waals surface area contributed by atoms with Crippen molar-refractivity contribution in [2.24, 2.45) is 5.92 Å². The lowest BCUT2D eigenvalue weighted by Gasteiger charge is -2.30. The molecule has 0 aromatic heterocycles. The first-order chi connectivity index (χ1) is 8.29. The summed E-state index contributed by atoms with van der Waals surface area (Å²) in [6.45, 7) is 1.38. The van der Waals surface area contributed by atoms with Gasteiger partial charge < -0.3 is 10.6 Å². The molecule has 3 nitrogen and oxygen atoms in total. The summed E-state index contributed by atoms with van der Waals surface area (Å²) < 4.78 is 0. The fourth-order valence-corrected chi connectivity index (χ4v) is 3.44. The highest BCUT2D eigenvalue weighted by Crippen LogP contribution is 2.28. The number of carbonyl (C=O) groups excluding carboxylic acids is 1. The Kier molecular flexibility index (Phi) is 5.16. The van der Waals surface area contributed by atoms with Gasteiger partial charge in [0.05, 0.1) is 6.54 Å². The number of carbonyl (C=O) groups is 1. The summed E-state index contributed by atoms with van der Waals surface area (Å²) in [5.41, 5.74) is 0. The zero-order chi connectivity index (χ0) is 12.1. The maximum Gasteiger partial charge on any atom is 0.233 e. The van der Waals surface area contributed by atoms with E-state index in [-0.39, 0.29) is 5.91 Å². The van der Waals surface area contributed by atoms with Crippen molar-refractivity contribution < 1.29 is 4.79 Å². The van der Waals surface area contributed by atoms with Crippen LogP contribution < -0.4 is 10.6 Å². The second-order valence-corrected chi connectivity index (χ2v) is 6.37. The van der Waals surface area contributed by atoms with Crippen LogP contribution >= 0.6 is 11.8 Å². The Morgan fingerprint density at radius 1 is 1.24 bits per heavy atom. The van der Waals surface area contributed by atoms with E-state index in [0.717, 1.165) is 12.5 Å². The van der Waals surface area contributed by atoms with E-state index in [9.17, 15) is 4.79 Å². The lowest BCUT2D eigenvalue weighted by molar-refractivity contribution is -0.120. The van der Waals surface area contributed by atoms with E-state index in [1.165, 1.54) is 38.5 Å². The molecule has 0 saturated heterocycles. The first-order valence-corrected chi connectivity index (χ1v) is 8.11. The van der Waals surface area contributed by atoms with Gasteiger partial charge in [0.15, 0.2) is 0 Å². The second kappa shape index (κ2) is 6.64. The summed E-state index contributed by atoms with van der Waals surface area (Å²) in [4.78, 5) is 11.6. The van der Waals surface area contributed by atoms with Gasteiger partial charge in [-0.3, -0.25) is 4.79 Å². The minimum absolute atomic E-state index is 0.169. The molecule has 2 atom stereocenters. The Hall–Kier alpha value is -0.220. The molecule has 2 saturated carbocycles. The summed E-state index contributed by atoms with van der Waals surface area (Å²) in [6, 6.07) is 0.533. The molecule has 0 aromatic rings. The van der Waals surface area contributed by atoms with Crippen LogP contribution in [0.5, 0.6) is 0 Å². The highest BCUT2D eigenvalue weighted by atomic mass is 32.2. The van der Waals surface area contributed by atoms with Crippen molar-refractivity contribution in [3.05, 3.63) is 0 Å². The van der Waals surface area contributed by atoms with E-state index in [1.54, 1.807) is 0 Å². The number of nitrogens with one attached hydrogen (secondary N) is 2. The number of hydrogen-bond donors (Lipinski definition) is 2. The Morgan fingerprint density at radius 2 is 2.00 bits per heavy atom. The molecule has 0 heterocycles. The van der Waals surface area contributed by atoms with Gasteiger partial charge in [0.25, 0.3) is 0 Å². The highest BCUT2D eigenvalue weighted by molar-refractivity contribution is 7.99. The lowest BCUT2D eigenvalue weighted by Crippen LogP contribution is -2.45. The van der Waals surface area contributed by atoms with E-state index >= 15 is 0 Å². The van der Waals surface area contributed by atoms with Crippen LogP contribution in [0.3, 0.4) is 0 Å². The van der Waals surface area contributed by atoms with Crippen LogP contribution in [-0.2, 0) is 4.79 Å². The third-order valence-electron chi connectivity index (χ3n) is 3.81. The fraction of sp³-hybridized carbons (Fsp3) is 0.923. The average molecular weight is 256 g/mol. The van der Waals surface area contributed by atoms with Gasteiger partial charge in [0.2, 0.25) is 5.91 Å². The van der Waals surface area contributed by atoms with E-state index in [2.05, 4.69) is 16.9 Å². The zero-order valence-electron chi connectivity index (χ0n) is 10.7. The van der Waals surface area contributed by atoms with E-state index in [4.69, 9.17) is 0 Å². The number of hydrogen-bond acceptors (Lipinski definition) is 3. The molecule has 2 aliphatic carbocycles. The molecule has 2 rings (SSSR count). The van der Waals surface area contributed by atoms with Gasteiger partial charge in [-0.05, 0) is 37.9 Å². The Bertz CT molecular complexity index is 256. The van der Waals surface area contributed by atoms with Crippen molar-refractivity contribution in [3.8, 4) is 0 Å². The first-order valence-electron chi connectivity index (χ1n) is 6.82. The third kappa shape index (κ3) is 4.51. The predicted molar refractivity (Wildman–Crippen MR) is 73.3 cm³/mol. The van der Waals surface area contributed by atoms with Crippen LogP contribution in [0, 0.1) is 5.92 Å². The average Bonchev–Trinajstić information content (AvgIpc) is 3.18. The van der Waals surface area contributed by atoms with Crippen molar-refractivity contribution in [1.29, 1.82) is 0 Å². The van der Waals surface area contributed by atoms with E-state index in [1.807, 2.05) is 11.8 Å². The summed E-state index contributed by atoms with van der Waals surface area (Å²) in [5.74, 6) is 0.940. The van der Waals surface area contributed by atoms with Crippen LogP contribution in [0.15, 0.2) is 0 Å². The molecule has 0 radical (unpaired) electrons. The van der Waals surface area contributed by atoms with Gasteiger partial charge in [0, 0.05) is 17.8 Å². The van der Waals surface area contributed by atoms with E-state index in [0.29, 0.717) is 17.8 Å². The smallest absolute Gasteiger partial charge is 0.233 e. The Balaban J connectivity index is 1.62. The molecule has 98 valence electrons. The number of amides is 1. The maximum absolute atomic E-state index is 11.6. The Labute approximate surface area is 108 Å². The first kappa shape index (κ1) is 13.2. The van der Waals surface area contributed by atoms with Crippen molar-refractivity contribution in [2.75, 3.05) is 19.3 Å². The summed E-state index contributed by atoms with van der Waals surface area (Å²) >= 11 is 1.94. The van der Waals surface area contributed by atoms with Gasteiger partial charge in [-0.1, -0.05) is 12.8 Å². The molecule has 17 heavy (non-hydrogen) atoms. The third-order valence-corrected chi connectivity index (χ3v) is 4.98. The van der Waals surface area contributed by atoms with Crippen molar-refractivity contribution >= 4 is 17.7 Å². The number of thioether (sulfide) groups is 1. The Morgan fingerprint density at radius 3 is 2.71 bits per heavy atom. The summed E-state index contributed by atoms with van der Waals surface area (Å²) in [5, 5.41) is 7.14. The zero-order valence-corrected chi connectivity index (χ0v) is 11.5. The minimum Gasteiger partial charge on any atom is -0.355 e. The van der Waals surface area contributed by atoms with Crippen LogP contribution in [0.1, 0.15) is 38.5 Å². The summed E-state index contributed by atoms with van der Waals surface area (Å²) in [7, 11) is 0. The van der Waals surface area contributed by atoms with Gasteiger partial charge in [-0.15, -0.1) is 0 Å². The fourth-order valence-electron chi connectivity index (χ4n) is 2.48.